The van der Waals surface area contributed by atoms with Gasteiger partial charge >= 0.3 is 59.1 Å². The Morgan fingerprint density at radius 3 is 2.00 bits per heavy atom. The van der Waals surface area contributed by atoms with Crippen molar-refractivity contribution in [1.82, 2.24) is 0 Å². The smallest absolute Gasteiger partial charge is 0.550 e. The molecule has 1 atom stereocenters. The van der Waals surface area contributed by atoms with Crippen LogP contribution in [-0.2, 0) is 19.7 Å². The second kappa shape index (κ2) is 11.0. The fraction of sp³-hybridized carbons (Fsp3) is 0.400. The quantitative estimate of drug-likeness (QED) is 0.266. The summed E-state index contributed by atoms with van der Waals surface area (Å²) in [6, 6.07) is 0. The first-order chi connectivity index (χ1) is 8.17. The van der Waals surface area contributed by atoms with Crippen LogP contribution in [0.4, 0.5) is 0 Å². The average molecular weight is 322 g/mol. The van der Waals surface area contributed by atoms with E-state index in [-0.39, 0.29) is 59.1 Å². The summed E-state index contributed by atoms with van der Waals surface area (Å²) in [7, 11) is -5.17. The molecule has 0 aliphatic carbocycles. The summed E-state index contributed by atoms with van der Waals surface area (Å²) in [5, 5.41) is 21.3. The molecule has 0 heterocycles. The van der Waals surface area contributed by atoms with Gasteiger partial charge in [-0.1, -0.05) is 18.2 Å². The maximum Gasteiger partial charge on any atom is 1.00 e. The molecule has 102 valence electrons. The SMILES string of the molecule is C=CCC=CCC(CC(=O)[O-])(C(=O)[O-])S(=O)(=O)O.[Na+].[Na+]. The van der Waals surface area contributed by atoms with Gasteiger partial charge in [-0.2, -0.15) is 8.42 Å². The first-order valence-corrected chi connectivity index (χ1v) is 6.25. The molecule has 0 saturated heterocycles. The van der Waals surface area contributed by atoms with E-state index in [1.807, 2.05) is 0 Å². The number of hydrogen-bond donors (Lipinski definition) is 1. The van der Waals surface area contributed by atoms with Crippen LogP contribution in [-0.4, -0.2) is 29.7 Å². The fourth-order valence-electron chi connectivity index (χ4n) is 1.23. The van der Waals surface area contributed by atoms with Gasteiger partial charge in [-0.25, -0.2) is 0 Å². The Morgan fingerprint density at radius 1 is 1.20 bits per heavy atom. The Morgan fingerprint density at radius 2 is 1.70 bits per heavy atom. The van der Waals surface area contributed by atoms with Crippen LogP contribution in [0.5, 0.6) is 0 Å². The van der Waals surface area contributed by atoms with Gasteiger partial charge in [0.2, 0.25) is 0 Å². The predicted molar refractivity (Wildman–Crippen MR) is 57.5 cm³/mol. The normalized spacial score (nSPS) is 13.7. The fourth-order valence-corrected chi connectivity index (χ4v) is 2.05. The van der Waals surface area contributed by atoms with Gasteiger partial charge in [0.1, 0.15) is 4.75 Å². The molecule has 0 bridgehead atoms. The summed E-state index contributed by atoms with van der Waals surface area (Å²) in [5.74, 6) is -4.12. The number of carboxylic acid groups (broad SMARTS) is 2. The molecule has 10 heteroatoms. The van der Waals surface area contributed by atoms with E-state index >= 15 is 0 Å². The van der Waals surface area contributed by atoms with Crippen LogP contribution in [0.25, 0.3) is 0 Å². The molecule has 7 nitrogen and oxygen atoms in total. The van der Waals surface area contributed by atoms with Crippen LogP contribution in [0.2, 0.25) is 0 Å². The van der Waals surface area contributed by atoms with Crippen molar-refractivity contribution >= 4 is 22.1 Å². The first kappa shape index (κ1) is 25.3. The summed E-state index contributed by atoms with van der Waals surface area (Å²) in [4.78, 5) is 21.3. The number of carbonyl (C=O) groups is 2. The molecule has 0 fully saturated rings. The number of hydrogen-bond acceptors (Lipinski definition) is 6. The zero-order valence-electron chi connectivity index (χ0n) is 11.4. The molecule has 0 aromatic heterocycles. The summed E-state index contributed by atoms with van der Waals surface area (Å²) < 4.78 is 28.1. The Balaban J connectivity index is -0.00000144. The van der Waals surface area contributed by atoms with Crippen molar-refractivity contribution in [2.24, 2.45) is 0 Å². The molecule has 0 aromatic carbocycles. The van der Waals surface area contributed by atoms with Gasteiger partial charge in [0.15, 0.2) is 0 Å². The van der Waals surface area contributed by atoms with Gasteiger partial charge in [0.25, 0.3) is 10.1 Å². The zero-order chi connectivity index (χ0) is 14.4. The van der Waals surface area contributed by atoms with Crippen molar-refractivity contribution in [3.63, 3.8) is 0 Å². The van der Waals surface area contributed by atoms with E-state index in [0.29, 0.717) is 6.42 Å². The molecule has 1 unspecified atom stereocenters. The third-order valence-electron chi connectivity index (χ3n) is 2.21. The molecule has 20 heavy (non-hydrogen) atoms. The minimum Gasteiger partial charge on any atom is -0.550 e. The Bertz CT molecular complexity index is 472. The largest absolute Gasteiger partial charge is 1.00 e. The zero-order valence-corrected chi connectivity index (χ0v) is 16.2. The predicted octanol–water partition coefficient (Wildman–Crippen LogP) is -7.97. The minimum absolute atomic E-state index is 0. The second-order valence-electron chi connectivity index (χ2n) is 3.51. The van der Waals surface area contributed by atoms with Gasteiger partial charge in [0, 0.05) is 12.4 Å². The van der Waals surface area contributed by atoms with E-state index in [4.69, 9.17) is 4.55 Å². The maximum atomic E-state index is 11.1. The van der Waals surface area contributed by atoms with Gasteiger partial charge in [-0.15, -0.1) is 6.58 Å². The summed E-state index contributed by atoms with van der Waals surface area (Å²) in [6.45, 7) is 3.38. The van der Waals surface area contributed by atoms with Gasteiger partial charge in [0.05, 0.1) is 5.97 Å². The van der Waals surface area contributed by atoms with Crippen molar-refractivity contribution in [3.05, 3.63) is 24.8 Å². The van der Waals surface area contributed by atoms with Crippen molar-refractivity contribution < 1.29 is 91.9 Å². The van der Waals surface area contributed by atoms with Crippen LogP contribution < -0.4 is 69.3 Å². The number of aliphatic carboxylic acids is 2. The molecule has 0 radical (unpaired) electrons. The summed E-state index contributed by atoms with van der Waals surface area (Å²) >= 11 is 0. The van der Waals surface area contributed by atoms with Gasteiger partial charge in [-0.05, 0) is 12.8 Å². The van der Waals surface area contributed by atoms with E-state index < -0.39 is 39.6 Å². The van der Waals surface area contributed by atoms with Crippen molar-refractivity contribution in [1.29, 1.82) is 0 Å². The summed E-state index contributed by atoms with van der Waals surface area (Å²) in [6.07, 6.45) is 2.16. The molecule has 0 amide bonds. The molecule has 0 saturated carbocycles. The van der Waals surface area contributed by atoms with Crippen LogP contribution in [0, 0.1) is 0 Å². The molecule has 0 aromatic rings. The maximum absolute atomic E-state index is 11.1. The third kappa shape index (κ3) is 7.37. The average Bonchev–Trinajstić information content (AvgIpc) is 2.19. The minimum atomic E-state index is -5.17. The standard InChI is InChI=1S/C10H14O7S.2Na/c1-2-3-4-5-6-10(9(13)14,7-8(11)12)18(15,16)17;;/h2,4-5H,1,3,6-7H2,(H,11,12)(H,13,14)(H,15,16,17);;/q;2*+1/p-2. The Hall–Kier alpha value is 0.330. The Kier molecular flexibility index (Phi) is 13.9. The monoisotopic (exact) mass is 322 g/mol. The van der Waals surface area contributed by atoms with Gasteiger partial charge in [-0.3, -0.25) is 4.55 Å². The van der Waals surface area contributed by atoms with Crippen LogP contribution in [0.15, 0.2) is 24.8 Å². The van der Waals surface area contributed by atoms with Crippen LogP contribution in [0.1, 0.15) is 19.3 Å². The van der Waals surface area contributed by atoms with E-state index in [9.17, 15) is 28.2 Å². The topological polar surface area (TPSA) is 135 Å². The number of carbonyl (C=O) groups excluding carboxylic acids is 2. The second-order valence-corrected chi connectivity index (χ2v) is 5.24. The van der Waals surface area contributed by atoms with Gasteiger partial charge < -0.3 is 19.8 Å². The molecule has 1 N–H and O–H groups in total. The Labute approximate surface area is 161 Å². The molecule has 0 spiro atoms. The van der Waals surface area contributed by atoms with Crippen LogP contribution in [0.3, 0.4) is 0 Å². The van der Waals surface area contributed by atoms with Crippen LogP contribution >= 0.6 is 0 Å². The van der Waals surface area contributed by atoms with E-state index in [1.54, 1.807) is 0 Å². The third-order valence-corrected chi connectivity index (χ3v) is 3.68. The van der Waals surface area contributed by atoms with Crippen molar-refractivity contribution in [2.45, 2.75) is 24.0 Å². The number of rotatable bonds is 8. The first-order valence-electron chi connectivity index (χ1n) is 4.81. The molecular weight excluding hydrogens is 310 g/mol. The molecule has 0 aliphatic rings. The molecule has 0 rings (SSSR count). The van der Waals surface area contributed by atoms with E-state index in [2.05, 4.69) is 6.58 Å². The van der Waals surface area contributed by atoms with Crippen molar-refractivity contribution in [3.8, 4) is 0 Å². The van der Waals surface area contributed by atoms with Crippen molar-refractivity contribution in [2.75, 3.05) is 0 Å². The number of carboxylic acids is 2. The molecular formula is C10H12Na2O7S. The molecule has 0 aliphatic heterocycles. The van der Waals surface area contributed by atoms with E-state index in [0.717, 1.165) is 6.08 Å². The number of allylic oxidation sites excluding steroid dienone is 3. The van der Waals surface area contributed by atoms with E-state index in [1.165, 1.54) is 12.2 Å². The summed E-state index contributed by atoms with van der Waals surface area (Å²) in [5.41, 5.74) is 0.